The summed E-state index contributed by atoms with van der Waals surface area (Å²) >= 11 is 0. The Kier molecular flexibility index (Phi) is 5.17. The summed E-state index contributed by atoms with van der Waals surface area (Å²) in [4.78, 5) is 14.4. The van der Waals surface area contributed by atoms with Gasteiger partial charge in [0.15, 0.2) is 0 Å². The Morgan fingerprint density at radius 2 is 1.80 bits per heavy atom. The van der Waals surface area contributed by atoms with Crippen molar-refractivity contribution in [2.75, 3.05) is 25.5 Å². The number of amides is 1. The zero-order valence-corrected chi connectivity index (χ0v) is 15.3. The van der Waals surface area contributed by atoms with Gasteiger partial charge in [0.05, 0.1) is 10.6 Å². The molecule has 3 rings (SSSR count). The van der Waals surface area contributed by atoms with Crippen LogP contribution in [-0.2, 0) is 13.8 Å². The highest BCUT2D eigenvalue weighted by molar-refractivity contribution is 8.14. The maximum atomic E-state index is 12.2. The number of carbonyl (C=O) groups excluding carboxylic acids is 1. The van der Waals surface area contributed by atoms with Gasteiger partial charge in [0.1, 0.15) is 6.10 Å². The van der Waals surface area contributed by atoms with E-state index in [1.54, 1.807) is 30.3 Å². The van der Waals surface area contributed by atoms with Crippen molar-refractivity contribution in [3.05, 3.63) is 36.4 Å². The second kappa shape index (κ2) is 7.19. The number of ether oxygens (including phenoxy) is 1. The second-order valence-electron chi connectivity index (χ2n) is 6.13. The molecular weight excluding hydrogens is 364 g/mol. The standard InChI is InChI=1S/C17H19ClN2O4S/c1-20-10-8-12(9-11-20)24-17(21)19-15-6-2-5-14-13(15)4-3-7-16(14)25(18,22)23/h2-7,12H,8-11H2,1H3,(H,19,21). The number of hydrogen-bond acceptors (Lipinski definition) is 5. The third kappa shape index (κ3) is 4.23. The molecule has 0 unspecified atom stereocenters. The topological polar surface area (TPSA) is 75.7 Å². The van der Waals surface area contributed by atoms with Crippen molar-refractivity contribution in [3.63, 3.8) is 0 Å². The van der Waals surface area contributed by atoms with Gasteiger partial charge in [0.2, 0.25) is 0 Å². The number of benzene rings is 2. The Morgan fingerprint density at radius 3 is 2.48 bits per heavy atom. The minimum absolute atomic E-state index is 0.0130. The van der Waals surface area contributed by atoms with Crippen LogP contribution in [0, 0.1) is 0 Å². The molecule has 1 heterocycles. The van der Waals surface area contributed by atoms with E-state index in [1.165, 1.54) is 6.07 Å². The van der Waals surface area contributed by atoms with Gasteiger partial charge in [-0.25, -0.2) is 13.2 Å². The molecule has 0 bridgehead atoms. The minimum atomic E-state index is -3.88. The molecule has 0 spiro atoms. The third-order valence-electron chi connectivity index (χ3n) is 4.32. The molecule has 1 saturated heterocycles. The van der Waals surface area contributed by atoms with E-state index < -0.39 is 15.1 Å². The first-order valence-electron chi connectivity index (χ1n) is 7.97. The summed E-state index contributed by atoms with van der Waals surface area (Å²) in [5, 5.41) is 3.75. The molecule has 0 aromatic heterocycles. The van der Waals surface area contributed by atoms with Crippen LogP contribution in [0.25, 0.3) is 10.8 Å². The predicted molar refractivity (Wildman–Crippen MR) is 97.6 cm³/mol. The number of hydrogen-bond donors (Lipinski definition) is 1. The first-order chi connectivity index (χ1) is 11.8. The first kappa shape index (κ1) is 18.0. The average Bonchev–Trinajstić information content (AvgIpc) is 2.56. The van der Waals surface area contributed by atoms with Crippen LogP contribution in [0.3, 0.4) is 0 Å². The molecule has 0 saturated carbocycles. The minimum Gasteiger partial charge on any atom is -0.446 e. The molecule has 1 aliphatic rings. The van der Waals surface area contributed by atoms with Crippen molar-refractivity contribution < 1.29 is 17.9 Å². The number of nitrogens with zero attached hydrogens (tertiary/aromatic N) is 1. The lowest BCUT2D eigenvalue weighted by Gasteiger charge is -2.28. The number of anilines is 1. The Hall–Kier alpha value is -1.83. The van der Waals surface area contributed by atoms with Crippen LogP contribution in [0.1, 0.15) is 12.8 Å². The normalized spacial score (nSPS) is 16.7. The zero-order valence-electron chi connectivity index (χ0n) is 13.7. The van der Waals surface area contributed by atoms with Crippen LogP contribution in [0.4, 0.5) is 10.5 Å². The molecule has 8 heteroatoms. The van der Waals surface area contributed by atoms with E-state index in [9.17, 15) is 13.2 Å². The van der Waals surface area contributed by atoms with Crippen LogP contribution >= 0.6 is 10.7 Å². The van der Waals surface area contributed by atoms with Crippen LogP contribution in [0.2, 0.25) is 0 Å². The fourth-order valence-corrected chi connectivity index (χ4v) is 4.08. The van der Waals surface area contributed by atoms with Crippen LogP contribution in [0.5, 0.6) is 0 Å². The van der Waals surface area contributed by atoms with Crippen molar-refractivity contribution in [1.29, 1.82) is 0 Å². The Bertz CT molecular complexity index is 893. The average molecular weight is 383 g/mol. The fraction of sp³-hybridized carbons (Fsp3) is 0.353. The van der Waals surface area contributed by atoms with Gasteiger partial charge in [-0.05, 0) is 32.0 Å². The second-order valence-corrected chi connectivity index (χ2v) is 8.66. The van der Waals surface area contributed by atoms with E-state index in [0.29, 0.717) is 16.5 Å². The van der Waals surface area contributed by atoms with Crippen molar-refractivity contribution >= 4 is 42.3 Å². The third-order valence-corrected chi connectivity index (χ3v) is 5.70. The van der Waals surface area contributed by atoms with Crippen LogP contribution < -0.4 is 5.32 Å². The molecule has 134 valence electrons. The number of halogens is 1. The molecular formula is C17H19ClN2O4S. The molecule has 1 amide bonds. The summed E-state index contributed by atoms with van der Waals surface area (Å²) in [5.41, 5.74) is 0.484. The maximum Gasteiger partial charge on any atom is 0.411 e. The van der Waals surface area contributed by atoms with Gasteiger partial charge in [-0.1, -0.05) is 24.3 Å². The van der Waals surface area contributed by atoms with Crippen LogP contribution in [0.15, 0.2) is 41.3 Å². The van der Waals surface area contributed by atoms with E-state index in [0.717, 1.165) is 25.9 Å². The molecule has 25 heavy (non-hydrogen) atoms. The summed E-state index contributed by atoms with van der Waals surface area (Å²) in [7, 11) is 3.65. The molecule has 0 atom stereocenters. The lowest BCUT2D eigenvalue weighted by molar-refractivity contribution is 0.0662. The summed E-state index contributed by atoms with van der Waals surface area (Å²) in [6, 6.07) is 9.77. The number of likely N-dealkylation sites (tertiary alicyclic amines) is 1. The number of rotatable bonds is 3. The first-order valence-corrected chi connectivity index (χ1v) is 10.3. The van der Waals surface area contributed by atoms with Gasteiger partial charge in [0, 0.05) is 34.5 Å². The predicted octanol–water partition coefficient (Wildman–Crippen LogP) is 3.41. The molecule has 0 radical (unpaired) electrons. The number of fused-ring (bicyclic) bond motifs is 1. The molecule has 2 aromatic rings. The smallest absolute Gasteiger partial charge is 0.411 e. The van der Waals surface area contributed by atoms with Gasteiger partial charge >= 0.3 is 6.09 Å². The summed E-state index contributed by atoms with van der Waals surface area (Å²) in [6.45, 7) is 1.78. The monoisotopic (exact) mass is 382 g/mol. The van der Waals surface area contributed by atoms with E-state index >= 15 is 0 Å². The van der Waals surface area contributed by atoms with Crippen molar-refractivity contribution in [1.82, 2.24) is 4.90 Å². The van der Waals surface area contributed by atoms with Gasteiger partial charge in [0.25, 0.3) is 9.05 Å². The SMILES string of the molecule is CN1CCC(OC(=O)Nc2cccc3c(S(=O)(=O)Cl)cccc23)CC1. The fourth-order valence-electron chi connectivity index (χ4n) is 3.00. The highest BCUT2D eigenvalue weighted by Crippen LogP contribution is 2.30. The van der Waals surface area contributed by atoms with Crippen LogP contribution in [-0.4, -0.2) is 45.7 Å². The molecule has 1 N–H and O–H groups in total. The van der Waals surface area contributed by atoms with Gasteiger partial charge in [-0.2, -0.15) is 0 Å². The van der Waals surface area contributed by atoms with E-state index in [2.05, 4.69) is 10.2 Å². The van der Waals surface area contributed by atoms with Gasteiger partial charge in [-0.3, -0.25) is 5.32 Å². The molecule has 1 fully saturated rings. The highest BCUT2D eigenvalue weighted by Gasteiger charge is 2.21. The maximum absolute atomic E-state index is 12.2. The Balaban J connectivity index is 1.81. The largest absolute Gasteiger partial charge is 0.446 e. The summed E-state index contributed by atoms with van der Waals surface area (Å²) in [6.07, 6.45) is 0.952. The zero-order chi connectivity index (χ0) is 18.0. The highest BCUT2D eigenvalue weighted by atomic mass is 35.7. The quantitative estimate of drug-likeness (QED) is 0.823. The lowest BCUT2D eigenvalue weighted by Crippen LogP contribution is -2.36. The molecule has 1 aliphatic heterocycles. The number of piperidine rings is 1. The Labute approximate surface area is 151 Å². The number of nitrogens with one attached hydrogen (secondary N) is 1. The van der Waals surface area contributed by atoms with Crippen molar-refractivity contribution in [2.24, 2.45) is 0 Å². The number of carbonyl (C=O) groups is 1. The van der Waals surface area contributed by atoms with E-state index in [4.69, 9.17) is 15.4 Å². The lowest BCUT2D eigenvalue weighted by atomic mass is 10.1. The summed E-state index contributed by atoms with van der Waals surface area (Å²) < 4.78 is 28.9. The Morgan fingerprint density at radius 1 is 1.16 bits per heavy atom. The molecule has 2 aromatic carbocycles. The van der Waals surface area contributed by atoms with E-state index in [1.807, 2.05) is 7.05 Å². The van der Waals surface area contributed by atoms with E-state index in [-0.39, 0.29) is 11.0 Å². The van der Waals surface area contributed by atoms with Gasteiger partial charge in [-0.15, -0.1) is 0 Å². The van der Waals surface area contributed by atoms with Crippen molar-refractivity contribution in [2.45, 2.75) is 23.8 Å². The summed E-state index contributed by atoms with van der Waals surface area (Å²) in [5.74, 6) is 0. The van der Waals surface area contributed by atoms with Gasteiger partial charge < -0.3 is 9.64 Å². The van der Waals surface area contributed by atoms with Crippen molar-refractivity contribution in [3.8, 4) is 0 Å². The molecule has 6 nitrogen and oxygen atoms in total. The molecule has 0 aliphatic carbocycles.